The third-order valence-electron chi connectivity index (χ3n) is 3.01. The summed E-state index contributed by atoms with van der Waals surface area (Å²) in [6, 6.07) is 5.95. The Hall–Kier alpha value is -1.38. The molecule has 5 heteroatoms. The van der Waals surface area contributed by atoms with Gasteiger partial charge in [-0.2, -0.15) is 5.26 Å². The topological polar surface area (TPSA) is 44.1 Å². The maximum atomic E-state index is 12.3. The van der Waals surface area contributed by atoms with Crippen molar-refractivity contribution < 1.29 is 4.79 Å². The molecule has 2 aromatic heterocycles. The molecule has 0 saturated carbocycles. The van der Waals surface area contributed by atoms with Gasteiger partial charge in [0.25, 0.3) is 5.91 Å². The van der Waals surface area contributed by atoms with E-state index in [9.17, 15) is 4.79 Å². The molecule has 0 aromatic carbocycles. The van der Waals surface area contributed by atoms with Gasteiger partial charge in [0.15, 0.2) is 0 Å². The first-order valence-corrected chi connectivity index (χ1v) is 7.17. The number of rotatable bonds is 1. The van der Waals surface area contributed by atoms with E-state index in [4.69, 9.17) is 5.26 Å². The average Bonchev–Trinajstić information content (AvgIpc) is 3.02. The Labute approximate surface area is 107 Å². The molecule has 1 aliphatic heterocycles. The van der Waals surface area contributed by atoms with Crippen LogP contribution in [0.3, 0.4) is 0 Å². The van der Waals surface area contributed by atoms with Crippen LogP contribution >= 0.6 is 22.7 Å². The summed E-state index contributed by atoms with van der Waals surface area (Å²) in [5.74, 6) is 0.0162. The van der Waals surface area contributed by atoms with Crippen molar-refractivity contribution in [3.05, 3.63) is 22.4 Å². The normalized spacial score (nSPS) is 19.7. The van der Waals surface area contributed by atoms with Gasteiger partial charge in [0.1, 0.15) is 6.04 Å². The number of hydrogen-bond acceptors (Lipinski definition) is 4. The highest BCUT2D eigenvalue weighted by molar-refractivity contribution is 7.27. The number of amides is 1. The van der Waals surface area contributed by atoms with Gasteiger partial charge in [0, 0.05) is 15.9 Å². The molecule has 1 aliphatic rings. The van der Waals surface area contributed by atoms with Crippen molar-refractivity contribution in [2.75, 3.05) is 6.54 Å². The lowest BCUT2D eigenvalue weighted by Crippen LogP contribution is -2.34. The quantitative estimate of drug-likeness (QED) is 0.792. The van der Waals surface area contributed by atoms with Crippen molar-refractivity contribution in [2.24, 2.45) is 0 Å². The molecule has 1 unspecified atom stereocenters. The Morgan fingerprint density at radius 1 is 1.53 bits per heavy atom. The summed E-state index contributed by atoms with van der Waals surface area (Å²) < 4.78 is 2.32. The Bertz CT molecular complexity index is 579. The number of fused-ring (bicyclic) bond motifs is 1. The number of carbonyl (C=O) groups is 1. The standard InChI is InChI=1S/C12H10N2OS2/c13-7-8-2-1-4-14(8)12(15)11-6-10-9(17-11)3-5-16-10/h3,5-6,8H,1-2,4H2. The number of carbonyl (C=O) groups excluding carboxylic acids is 1. The number of likely N-dealkylation sites (tertiary alicyclic amines) is 1. The fourth-order valence-corrected chi connectivity index (χ4v) is 4.22. The summed E-state index contributed by atoms with van der Waals surface area (Å²) in [5, 5.41) is 11.0. The molecule has 0 bridgehead atoms. The fraction of sp³-hybridized carbons (Fsp3) is 0.333. The summed E-state index contributed by atoms with van der Waals surface area (Å²) in [7, 11) is 0. The molecule has 17 heavy (non-hydrogen) atoms. The van der Waals surface area contributed by atoms with Crippen molar-refractivity contribution in [1.82, 2.24) is 4.90 Å². The molecule has 0 aliphatic carbocycles. The van der Waals surface area contributed by atoms with Crippen LogP contribution < -0.4 is 0 Å². The van der Waals surface area contributed by atoms with Crippen molar-refractivity contribution >= 4 is 38.0 Å². The van der Waals surface area contributed by atoms with Crippen LogP contribution in [0, 0.1) is 11.3 Å². The smallest absolute Gasteiger partial charge is 0.265 e. The van der Waals surface area contributed by atoms with Crippen LogP contribution in [0.2, 0.25) is 0 Å². The van der Waals surface area contributed by atoms with Crippen LogP contribution in [0.15, 0.2) is 17.5 Å². The van der Waals surface area contributed by atoms with Gasteiger partial charge < -0.3 is 4.90 Å². The first-order valence-electron chi connectivity index (χ1n) is 5.47. The Morgan fingerprint density at radius 3 is 3.18 bits per heavy atom. The largest absolute Gasteiger partial charge is 0.322 e. The summed E-state index contributed by atoms with van der Waals surface area (Å²) in [5.41, 5.74) is 0. The van der Waals surface area contributed by atoms with Crippen LogP contribution in [0.4, 0.5) is 0 Å². The lowest BCUT2D eigenvalue weighted by molar-refractivity contribution is 0.0770. The lowest BCUT2D eigenvalue weighted by Gasteiger charge is -2.18. The molecule has 3 rings (SSSR count). The van der Waals surface area contributed by atoms with Crippen LogP contribution in [-0.4, -0.2) is 23.4 Å². The third kappa shape index (κ3) is 1.74. The molecule has 3 heterocycles. The predicted octanol–water partition coefficient (Wildman–Crippen LogP) is 3.09. The maximum absolute atomic E-state index is 12.3. The highest BCUT2D eigenvalue weighted by Crippen LogP contribution is 2.31. The second-order valence-corrected chi connectivity index (χ2v) is 6.08. The van der Waals surface area contributed by atoms with E-state index in [-0.39, 0.29) is 11.9 Å². The molecule has 1 saturated heterocycles. The van der Waals surface area contributed by atoms with Gasteiger partial charge in [0.05, 0.1) is 10.9 Å². The molecule has 0 spiro atoms. The summed E-state index contributed by atoms with van der Waals surface area (Å²) in [6.45, 7) is 0.711. The van der Waals surface area contributed by atoms with Gasteiger partial charge in [-0.25, -0.2) is 0 Å². The molecule has 3 nitrogen and oxygen atoms in total. The summed E-state index contributed by atoms with van der Waals surface area (Å²) >= 11 is 3.17. The van der Waals surface area contributed by atoms with E-state index in [1.165, 1.54) is 11.3 Å². The highest BCUT2D eigenvalue weighted by atomic mass is 32.1. The van der Waals surface area contributed by atoms with Gasteiger partial charge >= 0.3 is 0 Å². The fourth-order valence-electron chi connectivity index (χ4n) is 2.16. The summed E-state index contributed by atoms with van der Waals surface area (Å²) in [6.07, 6.45) is 1.74. The first-order chi connectivity index (χ1) is 8.29. The van der Waals surface area contributed by atoms with Gasteiger partial charge in [0.2, 0.25) is 0 Å². The summed E-state index contributed by atoms with van der Waals surface area (Å²) in [4.78, 5) is 14.7. The zero-order valence-corrected chi connectivity index (χ0v) is 10.7. The van der Waals surface area contributed by atoms with Gasteiger partial charge in [-0.3, -0.25) is 4.79 Å². The van der Waals surface area contributed by atoms with E-state index < -0.39 is 0 Å². The van der Waals surface area contributed by atoms with E-state index in [1.807, 2.05) is 17.5 Å². The number of nitrogens with zero attached hydrogens (tertiary/aromatic N) is 2. The number of nitriles is 1. The second kappa shape index (κ2) is 4.13. The SMILES string of the molecule is N#CC1CCCN1C(=O)c1cc2sccc2s1. The average molecular weight is 262 g/mol. The molecular formula is C12H10N2OS2. The van der Waals surface area contributed by atoms with Gasteiger partial charge in [-0.1, -0.05) is 0 Å². The molecule has 2 aromatic rings. The molecule has 86 valence electrons. The molecule has 1 amide bonds. The Kier molecular flexibility index (Phi) is 2.61. The lowest BCUT2D eigenvalue weighted by atomic mass is 10.2. The first kappa shape index (κ1) is 10.8. The van der Waals surface area contributed by atoms with Crippen molar-refractivity contribution in [3.8, 4) is 6.07 Å². The molecular weight excluding hydrogens is 252 g/mol. The zero-order valence-electron chi connectivity index (χ0n) is 9.05. The van der Waals surface area contributed by atoms with Crippen molar-refractivity contribution in [2.45, 2.75) is 18.9 Å². The minimum atomic E-state index is -0.234. The van der Waals surface area contributed by atoms with E-state index >= 15 is 0 Å². The van der Waals surface area contributed by atoms with E-state index in [0.717, 1.165) is 27.1 Å². The maximum Gasteiger partial charge on any atom is 0.265 e. The number of hydrogen-bond donors (Lipinski definition) is 0. The number of thiophene rings is 2. The van der Waals surface area contributed by atoms with Crippen LogP contribution in [-0.2, 0) is 0 Å². The second-order valence-electron chi connectivity index (χ2n) is 4.05. The van der Waals surface area contributed by atoms with Crippen LogP contribution in [0.1, 0.15) is 22.5 Å². The van der Waals surface area contributed by atoms with Gasteiger partial charge in [-0.15, -0.1) is 22.7 Å². The molecule has 0 radical (unpaired) electrons. The molecule has 0 N–H and O–H groups in total. The van der Waals surface area contributed by atoms with E-state index in [0.29, 0.717) is 6.54 Å². The van der Waals surface area contributed by atoms with E-state index in [2.05, 4.69) is 6.07 Å². The highest BCUT2D eigenvalue weighted by Gasteiger charge is 2.30. The molecule has 1 atom stereocenters. The van der Waals surface area contributed by atoms with Crippen LogP contribution in [0.25, 0.3) is 9.40 Å². The van der Waals surface area contributed by atoms with Crippen LogP contribution in [0.5, 0.6) is 0 Å². The molecule has 1 fully saturated rings. The Balaban J connectivity index is 1.92. The van der Waals surface area contributed by atoms with E-state index in [1.54, 1.807) is 16.2 Å². The monoisotopic (exact) mass is 262 g/mol. The predicted molar refractivity (Wildman–Crippen MR) is 69.4 cm³/mol. The minimum Gasteiger partial charge on any atom is -0.322 e. The third-order valence-corrected chi connectivity index (χ3v) is 5.09. The minimum absolute atomic E-state index is 0.0162. The zero-order chi connectivity index (χ0) is 11.8. The van der Waals surface area contributed by atoms with Crippen molar-refractivity contribution in [1.29, 1.82) is 5.26 Å². The Morgan fingerprint density at radius 2 is 2.41 bits per heavy atom. The van der Waals surface area contributed by atoms with Gasteiger partial charge in [-0.05, 0) is 30.4 Å². The van der Waals surface area contributed by atoms with Crippen molar-refractivity contribution in [3.63, 3.8) is 0 Å².